The standard InChI is InChI=1S/C20H20F3N3O2/c1-25(2)16-8-6-15(7-9-16)24-19(28)13-10-18(27)26(12-13)17-5-3-4-14(11-17)20(21,22)23/h3-9,11,13H,10,12H2,1-2H3,(H,24,28). The number of halogens is 3. The van der Waals surface area contributed by atoms with Crippen molar-refractivity contribution in [3.63, 3.8) is 0 Å². The maximum Gasteiger partial charge on any atom is 0.416 e. The van der Waals surface area contributed by atoms with Crippen LogP contribution in [0, 0.1) is 5.92 Å². The first-order valence-electron chi connectivity index (χ1n) is 8.71. The van der Waals surface area contributed by atoms with Gasteiger partial charge in [-0.2, -0.15) is 13.2 Å². The van der Waals surface area contributed by atoms with Gasteiger partial charge in [-0.15, -0.1) is 0 Å². The molecule has 148 valence electrons. The highest BCUT2D eigenvalue weighted by molar-refractivity contribution is 6.03. The van der Waals surface area contributed by atoms with Crippen LogP contribution in [0.3, 0.4) is 0 Å². The van der Waals surface area contributed by atoms with Gasteiger partial charge in [-0.25, -0.2) is 0 Å². The molecular weight excluding hydrogens is 371 g/mol. The summed E-state index contributed by atoms with van der Waals surface area (Å²) in [5.41, 5.74) is 0.891. The van der Waals surface area contributed by atoms with Gasteiger partial charge in [0.1, 0.15) is 0 Å². The average molecular weight is 391 g/mol. The average Bonchev–Trinajstić information content (AvgIpc) is 3.03. The first-order valence-corrected chi connectivity index (χ1v) is 8.71. The van der Waals surface area contributed by atoms with Crippen molar-refractivity contribution >= 4 is 28.9 Å². The fourth-order valence-corrected chi connectivity index (χ4v) is 3.07. The van der Waals surface area contributed by atoms with Crippen molar-refractivity contribution < 1.29 is 22.8 Å². The third-order valence-corrected chi connectivity index (χ3v) is 4.63. The number of anilines is 3. The van der Waals surface area contributed by atoms with E-state index in [2.05, 4.69) is 5.32 Å². The molecule has 2 amide bonds. The minimum atomic E-state index is -4.49. The van der Waals surface area contributed by atoms with Gasteiger partial charge in [0.25, 0.3) is 0 Å². The third-order valence-electron chi connectivity index (χ3n) is 4.63. The van der Waals surface area contributed by atoms with Crippen LogP contribution in [0.5, 0.6) is 0 Å². The number of rotatable bonds is 4. The van der Waals surface area contributed by atoms with E-state index >= 15 is 0 Å². The Morgan fingerprint density at radius 2 is 1.82 bits per heavy atom. The Bertz CT molecular complexity index is 879. The number of alkyl halides is 3. The van der Waals surface area contributed by atoms with Gasteiger partial charge in [-0.1, -0.05) is 6.07 Å². The molecule has 28 heavy (non-hydrogen) atoms. The molecule has 1 saturated heterocycles. The molecule has 0 aliphatic carbocycles. The Balaban J connectivity index is 1.69. The molecule has 1 unspecified atom stereocenters. The van der Waals surface area contributed by atoms with Gasteiger partial charge in [0.05, 0.1) is 11.5 Å². The Morgan fingerprint density at radius 3 is 2.43 bits per heavy atom. The Morgan fingerprint density at radius 1 is 1.14 bits per heavy atom. The predicted molar refractivity (Wildman–Crippen MR) is 101 cm³/mol. The molecular formula is C20H20F3N3O2. The van der Waals surface area contributed by atoms with Crippen molar-refractivity contribution in [3.05, 3.63) is 54.1 Å². The number of nitrogens with one attached hydrogen (secondary N) is 1. The van der Waals surface area contributed by atoms with Crippen LogP contribution in [0.25, 0.3) is 0 Å². The number of benzene rings is 2. The number of carbonyl (C=O) groups is 2. The van der Waals surface area contributed by atoms with E-state index in [4.69, 9.17) is 0 Å². The van der Waals surface area contributed by atoms with Gasteiger partial charge in [-0.05, 0) is 42.5 Å². The molecule has 2 aromatic rings. The minimum Gasteiger partial charge on any atom is -0.378 e. The number of amides is 2. The molecule has 1 aliphatic heterocycles. The van der Waals surface area contributed by atoms with E-state index in [0.29, 0.717) is 5.69 Å². The first kappa shape index (κ1) is 19.7. The van der Waals surface area contributed by atoms with Gasteiger partial charge >= 0.3 is 6.18 Å². The molecule has 0 spiro atoms. The second kappa shape index (κ2) is 7.53. The maximum absolute atomic E-state index is 12.9. The van der Waals surface area contributed by atoms with E-state index in [1.807, 2.05) is 31.1 Å². The van der Waals surface area contributed by atoms with Crippen LogP contribution in [0.4, 0.5) is 30.2 Å². The lowest BCUT2D eigenvalue weighted by atomic mass is 10.1. The molecule has 1 aliphatic rings. The van der Waals surface area contributed by atoms with Crippen LogP contribution in [0.2, 0.25) is 0 Å². The molecule has 1 atom stereocenters. The molecule has 8 heteroatoms. The fraction of sp³-hybridized carbons (Fsp3) is 0.300. The van der Waals surface area contributed by atoms with Gasteiger partial charge in [0, 0.05) is 44.1 Å². The lowest BCUT2D eigenvalue weighted by Crippen LogP contribution is -2.28. The number of hydrogen-bond donors (Lipinski definition) is 1. The lowest BCUT2D eigenvalue weighted by Gasteiger charge is -2.18. The molecule has 1 fully saturated rings. The zero-order valence-electron chi connectivity index (χ0n) is 15.5. The van der Waals surface area contributed by atoms with Crippen LogP contribution in [0.15, 0.2) is 48.5 Å². The number of nitrogens with zero attached hydrogens (tertiary/aromatic N) is 2. The minimum absolute atomic E-state index is 0.0434. The summed E-state index contributed by atoms with van der Waals surface area (Å²) < 4.78 is 38.7. The molecule has 1 heterocycles. The summed E-state index contributed by atoms with van der Waals surface area (Å²) in [4.78, 5) is 27.9. The highest BCUT2D eigenvalue weighted by atomic mass is 19.4. The summed E-state index contributed by atoms with van der Waals surface area (Å²) in [6.07, 6.45) is -4.54. The number of carbonyl (C=O) groups excluding carboxylic acids is 2. The van der Waals surface area contributed by atoms with Crippen LogP contribution in [-0.2, 0) is 15.8 Å². The fourth-order valence-electron chi connectivity index (χ4n) is 3.07. The molecule has 0 bridgehead atoms. The van der Waals surface area contributed by atoms with Crippen LogP contribution >= 0.6 is 0 Å². The lowest BCUT2D eigenvalue weighted by molar-refractivity contribution is -0.137. The van der Waals surface area contributed by atoms with Gasteiger partial charge in [0.15, 0.2) is 0 Å². The highest BCUT2D eigenvalue weighted by Crippen LogP contribution is 2.33. The molecule has 1 N–H and O–H groups in total. The molecule has 0 radical (unpaired) electrons. The zero-order valence-corrected chi connectivity index (χ0v) is 15.5. The second-order valence-corrected chi connectivity index (χ2v) is 6.88. The highest BCUT2D eigenvalue weighted by Gasteiger charge is 2.37. The van der Waals surface area contributed by atoms with E-state index in [1.54, 1.807) is 12.1 Å². The third kappa shape index (κ3) is 4.27. The van der Waals surface area contributed by atoms with Crippen LogP contribution in [-0.4, -0.2) is 32.5 Å². The summed E-state index contributed by atoms with van der Waals surface area (Å²) in [7, 11) is 3.81. The van der Waals surface area contributed by atoms with E-state index in [0.717, 1.165) is 17.8 Å². The SMILES string of the molecule is CN(C)c1ccc(NC(=O)C2CC(=O)N(c3cccc(C(F)(F)F)c3)C2)cc1. The smallest absolute Gasteiger partial charge is 0.378 e. The van der Waals surface area contributed by atoms with Crippen LogP contribution < -0.4 is 15.1 Å². The van der Waals surface area contributed by atoms with Gasteiger partial charge in [0.2, 0.25) is 11.8 Å². The Labute approximate surface area is 160 Å². The van der Waals surface area contributed by atoms with Crippen molar-refractivity contribution in [2.45, 2.75) is 12.6 Å². The zero-order chi connectivity index (χ0) is 20.5. The molecule has 5 nitrogen and oxygen atoms in total. The summed E-state index contributed by atoms with van der Waals surface area (Å²) in [6.45, 7) is 0.0434. The van der Waals surface area contributed by atoms with Gasteiger partial charge < -0.3 is 15.1 Å². The molecule has 0 aromatic heterocycles. The van der Waals surface area contributed by atoms with Crippen molar-refractivity contribution in [1.82, 2.24) is 0 Å². The van der Waals surface area contributed by atoms with Crippen molar-refractivity contribution in [2.24, 2.45) is 5.92 Å². The van der Waals surface area contributed by atoms with Gasteiger partial charge in [-0.3, -0.25) is 9.59 Å². The molecule has 3 rings (SSSR count). The first-order chi connectivity index (χ1) is 13.1. The molecule has 2 aromatic carbocycles. The molecule has 0 saturated carbocycles. The normalized spacial score (nSPS) is 17.0. The quantitative estimate of drug-likeness (QED) is 0.864. The summed E-state index contributed by atoms with van der Waals surface area (Å²) in [5, 5.41) is 2.76. The Hall–Kier alpha value is -3.03. The van der Waals surface area contributed by atoms with E-state index < -0.39 is 17.7 Å². The predicted octanol–water partition coefficient (Wildman–Crippen LogP) is 3.76. The summed E-state index contributed by atoms with van der Waals surface area (Å²) in [5.74, 6) is -1.33. The van der Waals surface area contributed by atoms with Crippen molar-refractivity contribution in [2.75, 3.05) is 35.8 Å². The topological polar surface area (TPSA) is 52.7 Å². The summed E-state index contributed by atoms with van der Waals surface area (Å²) in [6, 6.07) is 11.8. The second-order valence-electron chi connectivity index (χ2n) is 6.88. The maximum atomic E-state index is 12.9. The summed E-state index contributed by atoms with van der Waals surface area (Å²) >= 11 is 0. The van der Waals surface area contributed by atoms with E-state index in [1.165, 1.54) is 17.0 Å². The Kier molecular flexibility index (Phi) is 5.31. The van der Waals surface area contributed by atoms with Crippen LogP contribution in [0.1, 0.15) is 12.0 Å². The largest absolute Gasteiger partial charge is 0.416 e. The van der Waals surface area contributed by atoms with Crippen molar-refractivity contribution in [1.29, 1.82) is 0 Å². The van der Waals surface area contributed by atoms with Crippen molar-refractivity contribution in [3.8, 4) is 0 Å². The monoisotopic (exact) mass is 391 g/mol. The van der Waals surface area contributed by atoms with E-state index in [9.17, 15) is 22.8 Å². The number of hydrogen-bond acceptors (Lipinski definition) is 3. The van der Waals surface area contributed by atoms with E-state index in [-0.39, 0.29) is 30.5 Å².